The number of nitro benzene ring substituents is 1. The van der Waals surface area contributed by atoms with Crippen molar-refractivity contribution in [2.24, 2.45) is 0 Å². The topological polar surface area (TPSA) is 122 Å². The van der Waals surface area contributed by atoms with Crippen LogP contribution in [0.5, 0.6) is 0 Å². The molecule has 2 aromatic carbocycles. The van der Waals surface area contributed by atoms with Gasteiger partial charge in [0.2, 0.25) is 0 Å². The predicted molar refractivity (Wildman–Crippen MR) is 76.6 cm³/mol. The molecule has 0 fully saturated rings. The maximum absolute atomic E-state index is 12.0. The SMILES string of the molecule is N#Cc1ccc(NC(=O)c2ccc(N)cc2)c([N+](=O)[O-])c1. The number of hydrogen-bond acceptors (Lipinski definition) is 5. The molecule has 0 atom stereocenters. The Kier molecular flexibility index (Phi) is 3.81. The quantitative estimate of drug-likeness (QED) is 0.508. The number of nitrogen functional groups attached to an aromatic ring is 1. The third-order valence-electron chi connectivity index (χ3n) is 2.74. The van der Waals surface area contributed by atoms with Gasteiger partial charge in [0.25, 0.3) is 11.6 Å². The largest absolute Gasteiger partial charge is 0.399 e. The van der Waals surface area contributed by atoms with E-state index in [1.807, 2.05) is 6.07 Å². The second kappa shape index (κ2) is 5.71. The Balaban J connectivity index is 2.31. The van der Waals surface area contributed by atoms with Gasteiger partial charge in [0.1, 0.15) is 5.69 Å². The van der Waals surface area contributed by atoms with E-state index in [1.54, 1.807) is 12.1 Å². The van der Waals surface area contributed by atoms with Gasteiger partial charge in [0.15, 0.2) is 0 Å². The van der Waals surface area contributed by atoms with Crippen molar-refractivity contribution in [3.8, 4) is 6.07 Å². The molecule has 0 bridgehead atoms. The van der Waals surface area contributed by atoms with E-state index in [-0.39, 0.29) is 16.9 Å². The Labute approximate surface area is 119 Å². The van der Waals surface area contributed by atoms with Gasteiger partial charge in [-0.1, -0.05) is 0 Å². The maximum Gasteiger partial charge on any atom is 0.294 e. The molecule has 0 aromatic heterocycles. The fourth-order valence-corrected chi connectivity index (χ4v) is 1.69. The molecule has 1 amide bonds. The number of rotatable bonds is 3. The van der Waals surface area contributed by atoms with Gasteiger partial charge in [0, 0.05) is 17.3 Å². The molecule has 7 nitrogen and oxygen atoms in total. The third-order valence-corrected chi connectivity index (χ3v) is 2.74. The van der Waals surface area contributed by atoms with Crippen LogP contribution in [0.25, 0.3) is 0 Å². The molecular weight excluding hydrogens is 272 g/mol. The fraction of sp³-hybridized carbons (Fsp3) is 0. The first-order valence-electron chi connectivity index (χ1n) is 5.86. The van der Waals surface area contributed by atoms with E-state index in [2.05, 4.69) is 5.32 Å². The van der Waals surface area contributed by atoms with Crippen LogP contribution in [-0.2, 0) is 0 Å². The van der Waals surface area contributed by atoms with Crippen LogP contribution >= 0.6 is 0 Å². The van der Waals surface area contributed by atoms with Crippen LogP contribution in [0, 0.1) is 21.4 Å². The van der Waals surface area contributed by atoms with Crippen molar-refractivity contribution in [1.29, 1.82) is 5.26 Å². The molecule has 0 aliphatic rings. The number of nitriles is 1. The summed E-state index contributed by atoms with van der Waals surface area (Å²) in [5, 5.41) is 22.2. The summed E-state index contributed by atoms with van der Waals surface area (Å²) in [5.41, 5.74) is 6.19. The van der Waals surface area contributed by atoms with E-state index < -0.39 is 10.8 Å². The van der Waals surface area contributed by atoms with Crippen LogP contribution < -0.4 is 11.1 Å². The molecule has 2 rings (SSSR count). The lowest BCUT2D eigenvalue weighted by atomic mass is 10.1. The van der Waals surface area contributed by atoms with Crippen molar-refractivity contribution in [1.82, 2.24) is 0 Å². The van der Waals surface area contributed by atoms with Crippen LogP contribution in [0.3, 0.4) is 0 Å². The zero-order valence-corrected chi connectivity index (χ0v) is 10.7. The summed E-state index contributed by atoms with van der Waals surface area (Å²) in [6.07, 6.45) is 0. The van der Waals surface area contributed by atoms with Gasteiger partial charge in [-0.25, -0.2) is 0 Å². The monoisotopic (exact) mass is 282 g/mol. The van der Waals surface area contributed by atoms with Crippen molar-refractivity contribution >= 4 is 23.0 Å². The summed E-state index contributed by atoms with van der Waals surface area (Å²) >= 11 is 0. The highest BCUT2D eigenvalue weighted by atomic mass is 16.6. The van der Waals surface area contributed by atoms with Crippen LogP contribution in [-0.4, -0.2) is 10.8 Å². The van der Waals surface area contributed by atoms with Gasteiger partial charge in [-0.05, 0) is 36.4 Å². The lowest BCUT2D eigenvalue weighted by Gasteiger charge is -2.06. The van der Waals surface area contributed by atoms with Gasteiger partial charge >= 0.3 is 0 Å². The van der Waals surface area contributed by atoms with Crippen LogP contribution in [0.4, 0.5) is 17.1 Å². The summed E-state index contributed by atoms with van der Waals surface area (Å²) in [7, 11) is 0. The summed E-state index contributed by atoms with van der Waals surface area (Å²) < 4.78 is 0. The molecule has 21 heavy (non-hydrogen) atoms. The minimum atomic E-state index is -0.653. The van der Waals surface area contributed by atoms with Crippen LogP contribution in [0.15, 0.2) is 42.5 Å². The van der Waals surface area contributed by atoms with E-state index in [4.69, 9.17) is 11.0 Å². The first kappa shape index (κ1) is 14.0. The summed E-state index contributed by atoms with van der Waals surface area (Å²) in [6.45, 7) is 0. The molecule has 7 heteroatoms. The number of nitrogens with two attached hydrogens (primary N) is 1. The van der Waals surface area contributed by atoms with Gasteiger partial charge in [-0.3, -0.25) is 14.9 Å². The van der Waals surface area contributed by atoms with Crippen molar-refractivity contribution in [3.05, 3.63) is 63.7 Å². The number of nitrogens with one attached hydrogen (secondary N) is 1. The van der Waals surface area contributed by atoms with E-state index in [0.717, 1.165) is 6.07 Å². The molecule has 3 N–H and O–H groups in total. The Morgan fingerprint density at radius 3 is 2.48 bits per heavy atom. The van der Waals surface area contributed by atoms with E-state index >= 15 is 0 Å². The first-order chi connectivity index (χ1) is 10.0. The number of carbonyl (C=O) groups excluding carboxylic acids is 1. The minimum absolute atomic E-state index is 0.0285. The minimum Gasteiger partial charge on any atom is -0.399 e. The maximum atomic E-state index is 12.0. The summed E-state index contributed by atoms with van der Waals surface area (Å²) in [5.74, 6) is -0.497. The highest BCUT2D eigenvalue weighted by Crippen LogP contribution is 2.25. The molecule has 0 unspecified atom stereocenters. The van der Waals surface area contributed by atoms with E-state index in [0.29, 0.717) is 11.3 Å². The molecule has 0 radical (unpaired) electrons. The number of hydrogen-bond donors (Lipinski definition) is 2. The molecule has 0 spiro atoms. The Bertz CT molecular complexity index is 748. The molecule has 0 aliphatic heterocycles. The highest BCUT2D eigenvalue weighted by Gasteiger charge is 2.17. The number of carbonyl (C=O) groups is 1. The number of amides is 1. The summed E-state index contributed by atoms with van der Waals surface area (Å²) in [4.78, 5) is 22.3. The van der Waals surface area contributed by atoms with Gasteiger partial charge in [-0.2, -0.15) is 5.26 Å². The zero-order chi connectivity index (χ0) is 15.4. The fourth-order valence-electron chi connectivity index (χ4n) is 1.69. The Hall–Kier alpha value is -3.40. The number of benzene rings is 2. The normalized spacial score (nSPS) is 9.67. The van der Waals surface area contributed by atoms with E-state index in [1.165, 1.54) is 24.3 Å². The predicted octanol–water partition coefficient (Wildman–Crippen LogP) is 2.30. The highest BCUT2D eigenvalue weighted by molar-refractivity contribution is 6.05. The molecule has 0 saturated carbocycles. The number of nitro groups is 1. The Morgan fingerprint density at radius 1 is 1.24 bits per heavy atom. The molecule has 0 heterocycles. The van der Waals surface area contributed by atoms with Gasteiger partial charge < -0.3 is 11.1 Å². The van der Waals surface area contributed by atoms with Crippen LogP contribution in [0.2, 0.25) is 0 Å². The van der Waals surface area contributed by atoms with Crippen molar-refractivity contribution < 1.29 is 9.72 Å². The van der Waals surface area contributed by atoms with E-state index in [9.17, 15) is 14.9 Å². The second-order valence-corrected chi connectivity index (χ2v) is 4.18. The molecular formula is C14H10N4O3. The first-order valence-corrected chi connectivity index (χ1v) is 5.86. The zero-order valence-electron chi connectivity index (χ0n) is 10.7. The van der Waals surface area contributed by atoms with Crippen molar-refractivity contribution in [2.45, 2.75) is 0 Å². The van der Waals surface area contributed by atoms with Crippen molar-refractivity contribution in [2.75, 3.05) is 11.1 Å². The Morgan fingerprint density at radius 2 is 1.90 bits per heavy atom. The molecule has 2 aromatic rings. The lowest BCUT2D eigenvalue weighted by molar-refractivity contribution is -0.383. The third kappa shape index (κ3) is 3.13. The lowest BCUT2D eigenvalue weighted by Crippen LogP contribution is -2.13. The number of anilines is 2. The van der Waals surface area contributed by atoms with Gasteiger partial charge in [-0.15, -0.1) is 0 Å². The molecule has 0 aliphatic carbocycles. The van der Waals surface area contributed by atoms with Gasteiger partial charge in [0.05, 0.1) is 16.6 Å². The smallest absolute Gasteiger partial charge is 0.294 e. The standard InChI is InChI=1S/C14H10N4O3/c15-8-9-1-6-12(13(7-9)18(20)21)17-14(19)10-2-4-11(16)5-3-10/h1-7H,16H2,(H,17,19). The van der Waals surface area contributed by atoms with Crippen molar-refractivity contribution in [3.63, 3.8) is 0 Å². The second-order valence-electron chi connectivity index (χ2n) is 4.18. The average molecular weight is 282 g/mol. The average Bonchev–Trinajstić information content (AvgIpc) is 2.48. The summed E-state index contributed by atoms with van der Waals surface area (Å²) in [6, 6.07) is 11.8. The number of nitrogens with zero attached hydrogens (tertiary/aromatic N) is 2. The van der Waals surface area contributed by atoms with Crippen LogP contribution in [0.1, 0.15) is 15.9 Å². The molecule has 0 saturated heterocycles. The molecule has 104 valence electrons.